The molecule has 2 heterocycles. The molecule has 2 aliphatic rings. The normalized spacial score (nSPS) is 13.1. The minimum Gasteiger partial charge on any atom is -0.457 e. The molecule has 1 aliphatic carbocycles. The van der Waals surface area contributed by atoms with Gasteiger partial charge in [-0.15, -0.1) is 0 Å². The molecule has 0 N–H and O–H groups in total. The summed E-state index contributed by atoms with van der Waals surface area (Å²) in [6.45, 7) is 0. The SMILES string of the molecule is c1ccc(-c2ccc(-c3c4ccccc4c(-c4cccc(-c5nc6ccccc6c6c7c(ccc56)C5(c6ccccc6Oc6ccccc65)c5ccccc5-7)c4)c4ccccc34)cc2)cc1. The first-order valence-corrected chi connectivity index (χ1v) is 22.8. The summed E-state index contributed by atoms with van der Waals surface area (Å²) in [7, 11) is 0. The third kappa shape index (κ3) is 5.15. The minimum absolute atomic E-state index is 0.561. The van der Waals surface area contributed by atoms with Crippen LogP contribution in [0.15, 0.2) is 237 Å². The van der Waals surface area contributed by atoms with Crippen LogP contribution in [-0.4, -0.2) is 4.98 Å². The lowest BCUT2D eigenvalue weighted by molar-refractivity contribution is 0.436. The van der Waals surface area contributed by atoms with Crippen molar-refractivity contribution in [2.45, 2.75) is 5.41 Å². The zero-order valence-corrected chi connectivity index (χ0v) is 35.9. The van der Waals surface area contributed by atoms with Gasteiger partial charge in [0.1, 0.15) is 11.5 Å². The van der Waals surface area contributed by atoms with Crippen LogP contribution < -0.4 is 4.74 Å². The smallest absolute Gasteiger partial charge is 0.132 e. The predicted octanol–water partition coefficient (Wildman–Crippen LogP) is 16.8. The fourth-order valence-electron chi connectivity index (χ4n) is 11.6. The summed E-state index contributed by atoms with van der Waals surface area (Å²) in [5.41, 5.74) is 17.1. The van der Waals surface area contributed by atoms with Gasteiger partial charge in [0.15, 0.2) is 0 Å². The van der Waals surface area contributed by atoms with Gasteiger partial charge in [-0.2, -0.15) is 0 Å². The Bertz CT molecular complexity index is 3860. The number of hydrogen-bond acceptors (Lipinski definition) is 2. The van der Waals surface area contributed by atoms with Crippen LogP contribution in [0.5, 0.6) is 11.5 Å². The summed E-state index contributed by atoms with van der Waals surface area (Å²) in [4.78, 5) is 5.55. The Morgan fingerprint density at radius 1 is 0.303 bits per heavy atom. The highest BCUT2D eigenvalue weighted by Gasteiger charge is 2.51. The number of fused-ring (bicyclic) bond motifs is 15. The number of aromatic nitrogens is 1. The first-order chi connectivity index (χ1) is 32.8. The summed E-state index contributed by atoms with van der Waals surface area (Å²) < 4.78 is 6.67. The average molecular weight is 838 g/mol. The number of para-hydroxylation sites is 3. The molecule has 1 aromatic heterocycles. The summed E-state index contributed by atoms with van der Waals surface area (Å²) in [6.07, 6.45) is 0. The van der Waals surface area contributed by atoms with Crippen molar-refractivity contribution in [1.82, 2.24) is 4.98 Å². The molecule has 306 valence electrons. The van der Waals surface area contributed by atoms with Gasteiger partial charge < -0.3 is 4.74 Å². The number of benzene rings is 11. The zero-order chi connectivity index (χ0) is 43.3. The van der Waals surface area contributed by atoms with Crippen molar-refractivity contribution in [3.05, 3.63) is 259 Å². The highest BCUT2D eigenvalue weighted by molar-refractivity contribution is 6.23. The Labute approximate surface area is 382 Å². The van der Waals surface area contributed by atoms with Gasteiger partial charge in [0, 0.05) is 32.8 Å². The van der Waals surface area contributed by atoms with Gasteiger partial charge >= 0.3 is 0 Å². The van der Waals surface area contributed by atoms with Gasteiger partial charge in [-0.25, -0.2) is 4.98 Å². The molecule has 0 radical (unpaired) electrons. The summed E-state index contributed by atoms with van der Waals surface area (Å²) in [6, 6.07) is 86.2. The van der Waals surface area contributed by atoms with Crippen LogP contribution in [0.25, 0.3) is 99.0 Å². The Kier molecular flexibility index (Phi) is 7.93. The summed E-state index contributed by atoms with van der Waals surface area (Å²) in [5.74, 6) is 1.79. The van der Waals surface area contributed by atoms with Crippen LogP contribution in [0.2, 0.25) is 0 Å². The lowest BCUT2D eigenvalue weighted by atomic mass is 9.66. The Morgan fingerprint density at radius 2 is 0.803 bits per heavy atom. The molecular weight excluding hydrogens is 799 g/mol. The molecular formula is C64H39NO. The van der Waals surface area contributed by atoms with Crippen molar-refractivity contribution >= 4 is 43.2 Å². The molecule has 0 saturated heterocycles. The van der Waals surface area contributed by atoms with E-state index >= 15 is 0 Å². The standard InChI is InChI=1S/C64H39NO/c1-2-17-40(18-3-1)41-33-35-42(36-34-41)59-45-21-4-6-23-47(45)60(48-24-7-5-22-46(48)59)43-19-16-20-44(39-43)63-51-37-38-55-62(61(51)50-26-9-13-30-56(50)65-63)49-25-8-10-27-52(49)64(55)53-28-11-14-31-57(53)66-58-32-15-12-29-54(58)64/h1-39H. The van der Waals surface area contributed by atoms with Crippen LogP contribution in [0.1, 0.15) is 22.3 Å². The molecule has 2 heteroatoms. The fourth-order valence-corrected chi connectivity index (χ4v) is 11.6. The second kappa shape index (κ2) is 14.2. The highest BCUT2D eigenvalue weighted by atomic mass is 16.5. The van der Waals surface area contributed by atoms with Gasteiger partial charge in [-0.3, -0.25) is 0 Å². The molecule has 1 spiro atoms. The molecule has 0 saturated carbocycles. The molecule has 66 heavy (non-hydrogen) atoms. The van der Waals surface area contributed by atoms with Crippen molar-refractivity contribution in [3.8, 4) is 67.3 Å². The number of nitrogens with zero attached hydrogens (tertiary/aromatic N) is 1. The van der Waals surface area contributed by atoms with E-state index < -0.39 is 5.41 Å². The zero-order valence-electron chi connectivity index (χ0n) is 35.9. The number of ether oxygens (including phenoxy) is 1. The van der Waals surface area contributed by atoms with Crippen molar-refractivity contribution in [3.63, 3.8) is 0 Å². The second-order valence-corrected chi connectivity index (χ2v) is 17.6. The van der Waals surface area contributed by atoms with Gasteiger partial charge in [-0.1, -0.05) is 212 Å². The molecule has 0 amide bonds. The lowest BCUT2D eigenvalue weighted by Gasteiger charge is -2.39. The van der Waals surface area contributed by atoms with E-state index in [1.165, 1.54) is 77.0 Å². The molecule has 0 fully saturated rings. The van der Waals surface area contributed by atoms with Crippen LogP contribution in [0.3, 0.4) is 0 Å². The van der Waals surface area contributed by atoms with E-state index in [9.17, 15) is 0 Å². The molecule has 2 nitrogen and oxygen atoms in total. The largest absolute Gasteiger partial charge is 0.457 e. The van der Waals surface area contributed by atoms with E-state index in [0.717, 1.165) is 55.7 Å². The van der Waals surface area contributed by atoms with Crippen molar-refractivity contribution in [2.75, 3.05) is 0 Å². The molecule has 12 aromatic rings. The van der Waals surface area contributed by atoms with Gasteiger partial charge in [-0.05, 0) is 101 Å². The van der Waals surface area contributed by atoms with Crippen molar-refractivity contribution in [1.29, 1.82) is 0 Å². The van der Waals surface area contributed by atoms with Crippen LogP contribution in [0.4, 0.5) is 0 Å². The minimum atomic E-state index is -0.561. The first kappa shape index (κ1) is 36.8. The van der Waals surface area contributed by atoms with E-state index in [2.05, 4.69) is 237 Å². The molecule has 0 unspecified atom stereocenters. The Balaban J connectivity index is 1.00. The summed E-state index contributed by atoms with van der Waals surface area (Å²) in [5, 5.41) is 8.42. The highest BCUT2D eigenvalue weighted by Crippen LogP contribution is 2.63. The average Bonchev–Trinajstić information content (AvgIpc) is 3.68. The van der Waals surface area contributed by atoms with E-state index in [0.29, 0.717) is 0 Å². The molecule has 11 aromatic carbocycles. The number of pyridine rings is 1. The molecule has 0 atom stereocenters. The first-order valence-electron chi connectivity index (χ1n) is 22.8. The maximum atomic E-state index is 6.67. The Hall–Kier alpha value is -8.59. The summed E-state index contributed by atoms with van der Waals surface area (Å²) >= 11 is 0. The van der Waals surface area contributed by atoms with E-state index in [4.69, 9.17) is 9.72 Å². The quantitative estimate of drug-likeness (QED) is 0.130. The van der Waals surface area contributed by atoms with Crippen LogP contribution in [0, 0.1) is 0 Å². The van der Waals surface area contributed by atoms with E-state index in [1.54, 1.807) is 0 Å². The maximum absolute atomic E-state index is 6.67. The molecule has 1 aliphatic heterocycles. The lowest BCUT2D eigenvalue weighted by Crippen LogP contribution is -2.32. The van der Waals surface area contributed by atoms with E-state index in [-0.39, 0.29) is 0 Å². The topological polar surface area (TPSA) is 22.1 Å². The number of rotatable bonds is 4. The Morgan fingerprint density at radius 3 is 1.48 bits per heavy atom. The monoisotopic (exact) mass is 837 g/mol. The predicted molar refractivity (Wildman–Crippen MR) is 273 cm³/mol. The fraction of sp³-hybridized carbons (Fsp3) is 0.0156. The second-order valence-electron chi connectivity index (χ2n) is 17.6. The third-order valence-electron chi connectivity index (χ3n) is 14.3. The molecule has 0 bridgehead atoms. The van der Waals surface area contributed by atoms with Crippen molar-refractivity contribution in [2.24, 2.45) is 0 Å². The van der Waals surface area contributed by atoms with Gasteiger partial charge in [0.2, 0.25) is 0 Å². The molecule has 14 rings (SSSR count). The van der Waals surface area contributed by atoms with Crippen molar-refractivity contribution < 1.29 is 4.74 Å². The number of hydrogen-bond donors (Lipinski definition) is 0. The van der Waals surface area contributed by atoms with Crippen LogP contribution in [-0.2, 0) is 5.41 Å². The third-order valence-corrected chi connectivity index (χ3v) is 14.3. The van der Waals surface area contributed by atoms with Gasteiger partial charge in [0.05, 0.1) is 16.6 Å². The maximum Gasteiger partial charge on any atom is 0.132 e. The van der Waals surface area contributed by atoms with Crippen LogP contribution >= 0.6 is 0 Å². The van der Waals surface area contributed by atoms with E-state index in [1.807, 2.05) is 0 Å². The van der Waals surface area contributed by atoms with Gasteiger partial charge in [0.25, 0.3) is 0 Å².